The quantitative estimate of drug-likeness (QED) is 0.819. The lowest BCUT2D eigenvalue weighted by Gasteiger charge is -2.17. The van der Waals surface area contributed by atoms with Crippen LogP contribution in [-0.4, -0.2) is 32.1 Å². The average Bonchev–Trinajstić information content (AvgIpc) is 2.87. The summed E-state index contributed by atoms with van der Waals surface area (Å²) in [5, 5.41) is 0. The summed E-state index contributed by atoms with van der Waals surface area (Å²) in [6.45, 7) is 2.54. The minimum atomic E-state index is -0.379. The second kappa shape index (κ2) is 6.38. The first-order chi connectivity index (χ1) is 9.65. The fraction of sp³-hybridized carbons (Fsp3) is 0.429. The number of ether oxygens (including phenoxy) is 1. The standard InChI is InChI=1S/C14H18N2O4/c1-3-20-15-14(18)10-8-13(17)16(9-10)11-4-6-12(19-2)7-5-11/h4-7,10H,3,8-9H2,1-2H3,(H,15,18)/t10-/m1/s1. The Balaban J connectivity index is 2.03. The number of hydroxylamine groups is 1. The van der Waals surface area contributed by atoms with Gasteiger partial charge in [-0.2, -0.15) is 0 Å². The smallest absolute Gasteiger partial charge is 0.248 e. The molecule has 6 nitrogen and oxygen atoms in total. The molecule has 0 aromatic heterocycles. The zero-order chi connectivity index (χ0) is 14.5. The molecule has 1 atom stereocenters. The SMILES string of the molecule is CCONC(=O)[C@@H]1CC(=O)N(c2ccc(OC)cc2)C1. The Morgan fingerprint density at radius 1 is 1.40 bits per heavy atom. The Morgan fingerprint density at radius 3 is 2.70 bits per heavy atom. The van der Waals surface area contributed by atoms with E-state index in [1.807, 2.05) is 0 Å². The van der Waals surface area contributed by atoms with Crippen LogP contribution in [0.5, 0.6) is 5.75 Å². The van der Waals surface area contributed by atoms with Crippen molar-refractivity contribution in [2.45, 2.75) is 13.3 Å². The maximum Gasteiger partial charge on any atom is 0.248 e. The molecule has 20 heavy (non-hydrogen) atoms. The van der Waals surface area contributed by atoms with Crippen LogP contribution in [0.15, 0.2) is 24.3 Å². The Labute approximate surface area is 117 Å². The molecule has 1 aromatic carbocycles. The average molecular weight is 278 g/mol. The van der Waals surface area contributed by atoms with Crippen molar-refractivity contribution in [2.24, 2.45) is 5.92 Å². The van der Waals surface area contributed by atoms with E-state index < -0.39 is 0 Å². The third-order valence-corrected chi connectivity index (χ3v) is 3.20. The molecule has 1 N–H and O–H groups in total. The maximum atomic E-state index is 12.0. The van der Waals surface area contributed by atoms with Gasteiger partial charge in [-0.25, -0.2) is 5.48 Å². The molecule has 0 radical (unpaired) electrons. The molecular formula is C14H18N2O4. The number of hydrogen-bond donors (Lipinski definition) is 1. The fourth-order valence-corrected chi connectivity index (χ4v) is 2.12. The van der Waals surface area contributed by atoms with Crippen molar-refractivity contribution in [2.75, 3.05) is 25.2 Å². The molecule has 2 rings (SSSR count). The van der Waals surface area contributed by atoms with Gasteiger partial charge in [0.1, 0.15) is 5.75 Å². The number of methoxy groups -OCH3 is 1. The second-order valence-corrected chi connectivity index (χ2v) is 4.50. The summed E-state index contributed by atoms with van der Waals surface area (Å²) in [7, 11) is 1.59. The maximum absolute atomic E-state index is 12.0. The number of anilines is 1. The van der Waals surface area contributed by atoms with Crippen molar-refractivity contribution in [1.29, 1.82) is 0 Å². The minimum absolute atomic E-state index is 0.0631. The predicted octanol–water partition coefficient (Wildman–Crippen LogP) is 1.12. The Bertz CT molecular complexity index is 486. The summed E-state index contributed by atoms with van der Waals surface area (Å²) in [6, 6.07) is 7.19. The van der Waals surface area contributed by atoms with Gasteiger partial charge in [-0.1, -0.05) is 0 Å². The van der Waals surface area contributed by atoms with E-state index in [2.05, 4.69) is 5.48 Å². The monoisotopic (exact) mass is 278 g/mol. The van der Waals surface area contributed by atoms with Crippen molar-refractivity contribution in [3.8, 4) is 5.75 Å². The third-order valence-electron chi connectivity index (χ3n) is 3.20. The molecule has 1 saturated heterocycles. The molecule has 0 saturated carbocycles. The van der Waals surface area contributed by atoms with E-state index in [4.69, 9.17) is 9.57 Å². The zero-order valence-electron chi connectivity index (χ0n) is 11.6. The largest absolute Gasteiger partial charge is 0.497 e. The van der Waals surface area contributed by atoms with Gasteiger partial charge in [-0.05, 0) is 31.2 Å². The van der Waals surface area contributed by atoms with E-state index in [9.17, 15) is 9.59 Å². The van der Waals surface area contributed by atoms with Crippen LogP contribution < -0.4 is 15.1 Å². The molecule has 0 bridgehead atoms. The first-order valence-electron chi connectivity index (χ1n) is 6.51. The van der Waals surface area contributed by atoms with Crippen LogP contribution >= 0.6 is 0 Å². The van der Waals surface area contributed by atoms with Gasteiger partial charge in [-0.15, -0.1) is 0 Å². The lowest BCUT2D eigenvalue weighted by atomic mass is 10.1. The number of amides is 2. The van der Waals surface area contributed by atoms with Gasteiger partial charge in [0.05, 0.1) is 19.6 Å². The second-order valence-electron chi connectivity index (χ2n) is 4.50. The van der Waals surface area contributed by atoms with Crippen molar-refractivity contribution in [3.05, 3.63) is 24.3 Å². The predicted molar refractivity (Wildman–Crippen MR) is 73.2 cm³/mol. The van der Waals surface area contributed by atoms with E-state index in [0.717, 1.165) is 11.4 Å². The number of carbonyl (C=O) groups excluding carboxylic acids is 2. The van der Waals surface area contributed by atoms with Crippen LogP contribution in [0.3, 0.4) is 0 Å². The number of hydrogen-bond acceptors (Lipinski definition) is 4. The molecule has 0 unspecified atom stereocenters. The first kappa shape index (κ1) is 14.3. The number of carbonyl (C=O) groups is 2. The van der Waals surface area contributed by atoms with Gasteiger partial charge in [0.2, 0.25) is 11.8 Å². The van der Waals surface area contributed by atoms with Gasteiger partial charge >= 0.3 is 0 Å². The van der Waals surface area contributed by atoms with Crippen molar-refractivity contribution in [1.82, 2.24) is 5.48 Å². The van der Waals surface area contributed by atoms with Gasteiger partial charge < -0.3 is 9.64 Å². The highest BCUT2D eigenvalue weighted by atomic mass is 16.6. The Morgan fingerprint density at radius 2 is 2.10 bits per heavy atom. The summed E-state index contributed by atoms with van der Waals surface area (Å²) in [6.07, 6.45) is 0.199. The van der Waals surface area contributed by atoms with E-state index in [1.165, 1.54) is 0 Å². The van der Waals surface area contributed by atoms with Crippen LogP contribution in [-0.2, 0) is 14.4 Å². The highest BCUT2D eigenvalue weighted by Gasteiger charge is 2.35. The molecule has 0 aliphatic carbocycles. The molecule has 2 amide bonds. The lowest BCUT2D eigenvalue weighted by Crippen LogP contribution is -2.33. The lowest BCUT2D eigenvalue weighted by molar-refractivity contribution is -0.137. The van der Waals surface area contributed by atoms with Crippen molar-refractivity contribution >= 4 is 17.5 Å². The summed E-state index contributed by atoms with van der Waals surface area (Å²) in [4.78, 5) is 30.3. The van der Waals surface area contributed by atoms with Gasteiger partial charge in [-0.3, -0.25) is 14.4 Å². The van der Waals surface area contributed by atoms with Crippen LogP contribution in [0.25, 0.3) is 0 Å². The number of rotatable bonds is 5. The normalized spacial score (nSPS) is 18.2. The summed E-state index contributed by atoms with van der Waals surface area (Å²) < 4.78 is 5.08. The molecule has 1 heterocycles. The molecule has 1 aliphatic rings. The molecule has 1 fully saturated rings. The molecule has 6 heteroatoms. The fourth-order valence-electron chi connectivity index (χ4n) is 2.12. The van der Waals surface area contributed by atoms with E-state index >= 15 is 0 Å². The van der Waals surface area contributed by atoms with Crippen molar-refractivity contribution in [3.63, 3.8) is 0 Å². The van der Waals surface area contributed by atoms with Gasteiger partial charge in [0, 0.05) is 18.7 Å². The molecule has 1 aromatic rings. The van der Waals surface area contributed by atoms with Crippen LogP contribution in [0.2, 0.25) is 0 Å². The van der Waals surface area contributed by atoms with Crippen molar-refractivity contribution < 1.29 is 19.2 Å². The van der Waals surface area contributed by atoms with E-state index in [0.29, 0.717) is 13.2 Å². The highest BCUT2D eigenvalue weighted by molar-refractivity contribution is 6.00. The molecular weight excluding hydrogens is 260 g/mol. The first-order valence-corrected chi connectivity index (χ1v) is 6.51. The Hall–Kier alpha value is -2.08. The summed E-state index contributed by atoms with van der Waals surface area (Å²) in [5.74, 6) is 0.0326. The minimum Gasteiger partial charge on any atom is -0.497 e. The van der Waals surface area contributed by atoms with E-state index in [1.54, 1.807) is 43.2 Å². The summed E-state index contributed by atoms with van der Waals surface area (Å²) in [5.41, 5.74) is 3.11. The van der Waals surface area contributed by atoms with Crippen LogP contribution in [0.4, 0.5) is 5.69 Å². The molecule has 0 spiro atoms. The molecule has 1 aliphatic heterocycles. The third kappa shape index (κ3) is 3.08. The van der Waals surface area contributed by atoms with Crippen LogP contribution in [0.1, 0.15) is 13.3 Å². The summed E-state index contributed by atoms with van der Waals surface area (Å²) >= 11 is 0. The number of nitrogens with zero attached hydrogens (tertiary/aromatic N) is 1. The zero-order valence-corrected chi connectivity index (χ0v) is 11.6. The number of benzene rings is 1. The Kier molecular flexibility index (Phi) is 4.57. The topological polar surface area (TPSA) is 67.9 Å². The van der Waals surface area contributed by atoms with Gasteiger partial charge in [0.15, 0.2) is 0 Å². The highest BCUT2D eigenvalue weighted by Crippen LogP contribution is 2.26. The van der Waals surface area contributed by atoms with Crippen LogP contribution in [0, 0.1) is 5.92 Å². The molecule has 108 valence electrons. The van der Waals surface area contributed by atoms with E-state index in [-0.39, 0.29) is 24.2 Å². The number of nitrogens with one attached hydrogen (secondary N) is 1. The van der Waals surface area contributed by atoms with Gasteiger partial charge in [0.25, 0.3) is 0 Å².